The van der Waals surface area contributed by atoms with Gasteiger partial charge in [0.05, 0.1) is 11.9 Å². The summed E-state index contributed by atoms with van der Waals surface area (Å²) in [6.45, 7) is 0. The predicted octanol–water partition coefficient (Wildman–Crippen LogP) is 4.47. The molecule has 2 aromatic heterocycles. The summed E-state index contributed by atoms with van der Waals surface area (Å²) in [6.07, 6.45) is 5.51. The van der Waals surface area contributed by atoms with Crippen LogP contribution in [0.4, 0.5) is 28.6 Å². The van der Waals surface area contributed by atoms with Crippen molar-refractivity contribution in [2.45, 2.75) is 37.8 Å². The number of fused-ring (bicyclic) bond motifs is 1. The molecule has 1 fully saturated rings. The van der Waals surface area contributed by atoms with Crippen LogP contribution in [0, 0.1) is 0 Å². The number of hydrogen-bond acceptors (Lipinski definition) is 7. The fourth-order valence-electron chi connectivity index (χ4n) is 4.47. The maximum absolute atomic E-state index is 13.2. The van der Waals surface area contributed by atoms with E-state index in [9.17, 15) is 4.79 Å². The number of nitrogens with zero attached hydrogens (tertiary/aromatic N) is 4. The zero-order valence-corrected chi connectivity index (χ0v) is 20.6. The van der Waals surface area contributed by atoms with Crippen molar-refractivity contribution in [3.05, 3.63) is 72.6 Å². The maximum Gasteiger partial charge on any atom is 0.276 e. The number of aromatic nitrogens is 3. The minimum Gasteiger partial charge on any atom is -0.378 e. The molecule has 9 heteroatoms. The van der Waals surface area contributed by atoms with Gasteiger partial charge < -0.3 is 26.6 Å². The zero-order valence-electron chi connectivity index (χ0n) is 20.6. The standard InChI is InChI=1S/C27H32N8O/c1-34(2)22-14-12-21(13-15-22)32-27(36)24-17-29-26-23(30-19-6-4-3-5-7-19)16-25(33-35(24)26)31-20-10-8-18(28)9-11-20/h3-7,12-18,20,30H,8-11,28H2,1-2H3,(H,31,33)(H,32,36). The molecule has 1 amide bonds. The Kier molecular flexibility index (Phi) is 6.73. The maximum atomic E-state index is 13.2. The summed E-state index contributed by atoms with van der Waals surface area (Å²) in [5, 5.41) is 14.7. The third-order valence-electron chi connectivity index (χ3n) is 6.52. The number of imidazole rings is 1. The normalized spacial score (nSPS) is 17.5. The zero-order chi connectivity index (χ0) is 25.1. The minimum absolute atomic E-state index is 0.268. The average Bonchev–Trinajstić information content (AvgIpc) is 3.31. The van der Waals surface area contributed by atoms with E-state index in [4.69, 9.17) is 10.8 Å². The van der Waals surface area contributed by atoms with Crippen molar-refractivity contribution in [2.75, 3.05) is 34.9 Å². The number of para-hydroxylation sites is 1. The SMILES string of the molecule is CN(C)c1ccc(NC(=O)c2cnc3c(Nc4ccccc4)cc(NC4CCC(N)CC4)nn23)cc1. The van der Waals surface area contributed by atoms with Gasteiger partial charge in [0.25, 0.3) is 5.91 Å². The van der Waals surface area contributed by atoms with Crippen LogP contribution in [0.15, 0.2) is 66.9 Å². The van der Waals surface area contributed by atoms with Crippen molar-refractivity contribution in [1.82, 2.24) is 14.6 Å². The van der Waals surface area contributed by atoms with Gasteiger partial charge in [-0.1, -0.05) is 18.2 Å². The van der Waals surface area contributed by atoms with Gasteiger partial charge in [0.2, 0.25) is 0 Å². The van der Waals surface area contributed by atoms with Crippen LogP contribution in [-0.4, -0.2) is 46.7 Å². The first kappa shape index (κ1) is 23.6. The Morgan fingerprint density at radius 3 is 2.42 bits per heavy atom. The molecule has 2 aromatic carbocycles. The van der Waals surface area contributed by atoms with Gasteiger partial charge in [-0.15, -0.1) is 5.10 Å². The second-order valence-corrected chi connectivity index (χ2v) is 9.46. The van der Waals surface area contributed by atoms with Crippen LogP contribution in [0.1, 0.15) is 36.2 Å². The van der Waals surface area contributed by atoms with E-state index in [1.165, 1.54) is 0 Å². The summed E-state index contributed by atoms with van der Waals surface area (Å²) in [5.41, 5.74) is 10.5. The Balaban J connectivity index is 1.46. The molecule has 0 radical (unpaired) electrons. The van der Waals surface area contributed by atoms with Gasteiger partial charge in [0.15, 0.2) is 11.3 Å². The summed E-state index contributed by atoms with van der Waals surface area (Å²) < 4.78 is 1.60. The molecule has 5 rings (SSSR count). The lowest BCUT2D eigenvalue weighted by Crippen LogP contribution is -2.33. The third kappa shape index (κ3) is 5.26. The van der Waals surface area contributed by atoms with E-state index < -0.39 is 0 Å². The number of benzene rings is 2. The van der Waals surface area contributed by atoms with Crippen LogP contribution in [0.5, 0.6) is 0 Å². The fraction of sp³-hybridized carbons (Fsp3) is 0.296. The van der Waals surface area contributed by atoms with Crippen molar-refractivity contribution >= 4 is 40.1 Å². The highest BCUT2D eigenvalue weighted by atomic mass is 16.2. The molecule has 2 heterocycles. The molecular formula is C27H32N8O. The lowest BCUT2D eigenvalue weighted by atomic mass is 9.92. The summed E-state index contributed by atoms with van der Waals surface area (Å²) in [6, 6.07) is 20.1. The summed E-state index contributed by atoms with van der Waals surface area (Å²) >= 11 is 0. The van der Waals surface area contributed by atoms with Crippen molar-refractivity contribution in [1.29, 1.82) is 0 Å². The smallest absolute Gasteiger partial charge is 0.276 e. The van der Waals surface area contributed by atoms with Gasteiger partial charge in [0.1, 0.15) is 5.82 Å². The molecule has 0 atom stereocenters. The Morgan fingerprint density at radius 2 is 1.72 bits per heavy atom. The second kappa shape index (κ2) is 10.2. The van der Waals surface area contributed by atoms with E-state index in [-0.39, 0.29) is 18.0 Å². The van der Waals surface area contributed by atoms with Crippen LogP contribution < -0.4 is 26.6 Å². The molecule has 0 saturated heterocycles. The minimum atomic E-state index is -0.279. The highest BCUT2D eigenvalue weighted by Gasteiger charge is 2.21. The molecular weight excluding hydrogens is 452 g/mol. The summed E-state index contributed by atoms with van der Waals surface area (Å²) in [5.74, 6) is 0.405. The Hall–Kier alpha value is -4.11. The fourth-order valence-corrected chi connectivity index (χ4v) is 4.47. The van der Waals surface area contributed by atoms with Gasteiger partial charge in [-0.2, -0.15) is 0 Å². The number of carbonyl (C=O) groups is 1. The number of amides is 1. The third-order valence-corrected chi connectivity index (χ3v) is 6.52. The molecule has 5 N–H and O–H groups in total. The van der Waals surface area contributed by atoms with Crippen molar-refractivity contribution in [3.63, 3.8) is 0 Å². The van der Waals surface area contributed by atoms with Gasteiger partial charge in [-0.05, 0) is 62.1 Å². The van der Waals surface area contributed by atoms with Crippen molar-refractivity contribution in [3.8, 4) is 0 Å². The number of nitrogens with two attached hydrogens (primary N) is 1. The van der Waals surface area contributed by atoms with E-state index in [0.717, 1.165) is 42.7 Å². The molecule has 36 heavy (non-hydrogen) atoms. The van der Waals surface area contributed by atoms with Crippen LogP contribution in [0.3, 0.4) is 0 Å². The van der Waals surface area contributed by atoms with Gasteiger partial charge in [0, 0.05) is 49.3 Å². The lowest BCUT2D eigenvalue weighted by molar-refractivity contribution is 0.102. The van der Waals surface area contributed by atoms with Crippen molar-refractivity contribution in [2.24, 2.45) is 5.73 Å². The summed E-state index contributed by atoms with van der Waals surface area (Å²) in [7, 11) is 3.96. The molecule has 186 valence electrons. The molecule has 1 aliphatic rings. The van der Waals surface area contributed by atoms with Gasteiger partial charge in [-0.3, -0.25) is 4.79 Å². The lowest BCUT2D eigenvalue weighted by Gasteiger charge is -2.27. The molecule has 9 nitrogen and oxygen atoms in total. The number of carbonyl (C=O) groups excluding carboxylic acids is 1. The molecule has 1 aliphatic carbocycles. The first-order chi connectivity index (χ1) is 17.5. The quantitative estimate of drug-likeness (QED) is 0.306. The Bertz CT molecular complexity index is 1330. The van der Waals surface area contributed by atoms with Crippen LogP contribution in [-0.2, 0) is 0 Å². The van der Waals surface area contributed by atoms with Crippen LogP contribution >= 0.6 is 0 Å². The number of hydrogen-bond donors (Lipinski definition) is 4. The topological polar surface area (TPSA) is 113 Å². The monoisotopic (exact) mass is 484 g/mol. The van der Waals surface area contributed by atoms with Crippen molar-refractivity contribution < 1.29 is 4.79 Å². The Morgan fingerprint density at radius 1 is 1.00 bits per heavy atom. The molecule has 1 saturated carbocycles. The van der Waals surface area contributed by atoms with Gasteiger partial charge >= 0.3 is 0 Å². The Labute approximate surface area is 210 Å². The number of rotatable bonds is 7. The molecule has 0 bridgehead atoms. The second-order valence-electron chi connectivity index (χ2n) is 9.46. The first-order valence-electron chi connectivity index (χ1n) is 12.3. The molecule has 0 unspecified atom stereocenters. The van der Waals surface area contributed by atoms with E-state index in [1.54, 1.807) is 10.7 Å². The van der Waals surface area contributed by atoms with E-state index in [2.05, 4.69) is 20.9 Å². The molecule has 0 spiro atoms. The molecule has 4 aromatic rings. The highest BCUT2D eigenvalue weighted by molar-refractivity contribution is 6.03. The van der Waals surface area contributed by atoms with E-state index in [1.807, 2.05) is 79.7 Å². The number of anilines is 5. The molecule has 0 aliphatic heterocycles. The highest BCUT2D eigenvalue weighted by Crippen LogP contribution is 2.27. The summed E-state index contributed by atoms with van der Waals surface area (Å²) in [4.78, 5) is 19.8. The van der Waals surface area contributed by atoms with E-state index in [0.29, 0.717) is 22.8 Å². The first-order valence-corrected chi connectivity index (χ1v) is 12.3. The largest absolute Gasteiger partial charge is 0.378 e. The van der Waals surface area contributed by atoms with Crippen LogP contribution in [0.25, 0.3) is 5.65 Å². The average molecular weight is 485 g/mol. The van der Waals surface area contributed by atoms with E-state index >= 15 is 0 Å². The van der Waals surface area contributed by atoms with Gasteiger partial charge in [-0.25, -0.2) is 9.50 Å². The number of nitrogens with one attached hydrogen (secondary N) is 3. The predicted molar refractivity (Wildman–Crippen MR) is 145 cm³/mol. The van der Waals surface area contributed by atoms with Crippen LogP contribution in [0.2, 0.25) is 0 Å².